The summed E-state index contributed by atoms with van der Waals surface area (Å²) in [6, 6.07) is 0. The fraction of sp³-hybridized carbons (Fsp3) is 1.00. The molecule has 2 aliphatic heterocycles. The highest BCUT2D eigenvalue weighted by Gasteiger charge is 2.22. The van der Waals surface area contributed by atoms with Crippen LogP contribution >= 0.6 is 47.0 Å². The molecular formula is C10H18OS4. The van der Waals surface area contributed by atoms with E-state index in [9.17, 15) is 0 Å². The van der Waals surface area contributed by atoms with Crippen LogP contribution in [-0.4, -0.2) is 58.2 Å². The van der Waals surface area contributed by atoms with Gasteiger partial charge in [0.2, 0.25) is 0 Å². The minimum atomic E-state index is 0.603. The van der Waals surface area contributed by atoms with Crippen molar-refractivity contribution < 1.29 is 4.74 Å². The summed E-state index contributed by atoms with van der Waals surface area (Å²) in [6.45, 7) is 1.01. The van der Waals surface area contributed by atoms with E-state index in [1.165, 1.54) is 40.3 Å². The largest absolute Gasteiger partial charge is 0.372 e. The van der Waals surface area contributed by atoms with E-state index < -0.39 is 0 Å². The third kappa shape index (κ3) is 7.31. The maximum absolute atomic E-state index is 5.16. The molecule has 0 aliphatic carbocycles. The summed E-state index contributed by atoms with van der Waals surface area (Å²) in [5.41, 5.74) is 0. The summed E-state index contributed by atoms with van der Waals surface area (Å²) in [5.74, 6) is 9.32. The molecule has 0 N–H and O–H groups in total. The van der Waals surface area contributed by atoms with Crippen molar-refractivity contribution in [1.82, 2.24) is 0 Å². The molecule has 0 amide bonds. The van der Waals surface area contributed by atoms with Crippen LogP contribution in [0.3, 0.4) is 0 Å². The van der Waals surface area contributed by atoms with Crippen LogP contribution in [-0.2, 0) is 4.74 Å². The van der Waals surface area contributed by atoms with E-state index in [4.69, 9.17) is 4.74 Å². The number of hydrogen-bond acceptors (Lipinski definition) is 5. The zero-order valence-corrected chi connectivity index (χ0v) is 12.1. The second kappa shape index (κ2) is 7.64. The van der Waals surface area contributed by atoms with Crippen molar-refractivity contribution in [2.24, 2.45) is 0 Å². The lowest BCUT2D eigenvalue weighted by atomic mass is 10.6. The third-order valence-electron chi connectivity index (χ3n) is 2.16. The van der Waals surface area contributed by atoms with Gasteiger partial charge in [0.15, 0.2) is 0 Å². The monoisotopic (exact) mass is 282 g/mol. The highest BCUT2D eigenvalue weighted by atomic mass is 32.2. The molecule has 2 heterocycles. The van der Waals surface area contributed by atoms with Gasteiger partial charge >= 0.3 is 0 Å². The first kappa shape index (κ1) is 12.8. The maximum atomic E-state index is 5.16. The molecule has 2 atom stereocenters. The third-order valence-corrected chi connectivity index (χ3v) is 7.07. The Labute approximate surface area is 110 Å². The highest BCUT2D eigenvalue weighted by molar-refractivity contribution is 8.09. The second-order valence-corrected chi connectivity index (χ2v) is 8.53. The molecule has 0 aromatic carbocycles. The van der Waals surface area contributed by atoms with Gasteiger partial charge in [-0.2, -0.15) is 47.0 Å². The van der Waals surface area contributed by atoms with Gasteiger partial charge in [-0.3, -0.25) is 0 Å². The lowest BCUT2D eigenvalue weighted by Crippen LogP contribution is -1.95. The Morgan fingerprint density at radius 2 is 1.60 bits per heavy atom. The van der Waals surface area contributed by atoms with Crippen LogP contribution in [0.1, 0.15) is 0 Å². The maximum Gasteiger partial charge on any atom is 0.0900 e. The van der Waals surface area contributed by atoms with E-state index in [2.05, 4.69) is 35.3 Å². The smallest absolute Gasteiger partial charge is 0.0900 e. The molecule has 2 aliphatic rings. The molecule has 0 radical (unpaired) electrons. The van der Waals surface area contributed by atoms with Gasteiger partial charge in [0, 0.05) is 45.5 Å². The SMILES string of the molecule is C(CSCC1CO1)SCCSCC1CS1. The lowest BCUT2D eigenvalue weighted by Gasteiger charge is -2.01. The second-order valence-electron chi connectivity index (χ2n) is 3.67. The Hall–Kier alpha value is 1.36. The standard InChI is InChI=1S/C10H18OS4/c1(3-13-6-9-5-11-9)12-2-4-14-7-10-8-15-10/h9-10H,1-8H2. The van der Waals surface area contributed by atoms with Crippen molar-refractivity contribution in [3.63, 3.8) is 0 Å². The molecular weight excluding hydrogens is 264 g/mol. The van der Waals surface area contributed by atoms with Gasteiger partial charge in [-0.05, 0) is 0 Å². The van der Waals surface area contributed by atoms with Crippen LogP contribution in [0.4, 0.5) is 0 Å². The first-order valence-electron chi connectivity index (χ1n) is 5.41. The molecule has 0 spiro atoms. The van der Waals surface area contributed by atoms with Crippen molar-refractivity contribution in [3.05, 3.63) is 0 Å². The van der Waals surface area contributed by atoms with Crippen LogP contribution in [0.15, 0.2) is 0 Å². The van der Waals surface area contributed by atoms with Gasteiger partial charge in [-0.1, -0.05) is 0 Å². The van der Waals surface area contributed by atoms with E-state index in [-0.39, 0.29) is 0 Å². The van der Waals surface area contributed by atoms with E-state index >= 15 is 0 Å². The summed E-state index contributed by atoms with van der Waals surface area (Å²) >= 11 is 8.40. The zero-order valence-electron chi connectivity index (χ0n) is 8.85. The molecule has 0 aromatic heterocycles. The number of epoxide rings is 1. The van der Waals surface area contributed by atoms with E-state index in [1.807, 2.05) is 11.8 Å². The first-order chi connectivity index (χ1) is 7.45. The molecule has 2 saturated heterocycles. The fourth-order valence-corrected chi connectivity index (χ4v) is 5.43. The van der Waals surface area contributed by atoms with Gasteiger partial charge < -0.3 is 4.74 Å². The van der Waals surface area contributed by atoms with E-state index in [0.717, 1.165) is 11.9 Å². The van der Waals surface area contributed by atoms with E-state index in [1.54, 1.807) is 0 Å². The molecule has 1 nitrogen and oxygen atoms in total. The topological polar surface area (TPSA) is 12.5 Å². The first-order valence-corrected chi connectivity index (χ1v) is 9.93. The quantitative estimate of drug-likeness (QED) is 0.450. The van der Waals surface area contributed by atoms with Gasteiger partial charge in [0.25, 0.3) is 0 Å². The van der Waals surface area contributed by atoms with Gasteiger partial charge in [0.05, 0.1) is 12.7 Å². The van der Waals surface area contributed by atoms with Crippen molar-refractivity contribution in [3.8, 4) is 0 Å². The number of hydrogen-bond donors (Lipinski definition) is 0. The molecule has 88 valence electrons. The lowest BCUT2D eigenvalue weighted by molar-refractivity contribution is 0.426. The molecule has 0 bridgehead atoms. The van der Waals surface area contributed by atoms with Gasteiger partial charge in [-0.15, -0.1) is 0 Å². The zero-order chi connectivity index (χ0) is 10.3. The molecule has 0 aromatic rings. The number of ether oxygens (including phenoxy) is 1. The van der Waals surface area contributed by atoms with Crippen LogP contribution in [0.5, 0.6) is 0 Å². The molecule has 0 saturated carbocycles. The van der Waals surface area contributed by atoms with E-state index in [0.29, 0.717) is 6.10 Å². The minimum Gasteiger partial charge on any atom is -0.372 e. The van der Waals surface area contributed by atoms with Crippen LogP contribution in [0.2, 0.25) is 0 Å². The average Bonchev–Trinajstić information content (AvgIpc) is 3.10. The minimum absolute atomic E-state index is 0.603. The van der Waals surface area contributed by atoms with Crippen molar-refractivity contribution in [2.45, 2.75) is 11.4 Å². The molecule has 2 unspecified atom stereocenters. The summed E-state index contributed by atoms with van der Waals surface area (Å²) < 4.78 is 5.16. The summed E-state index contributed by atoms with van der Waals surface area (Å²) in [7, 11) is 0. The van der Waals surface area contributed by atoms with Crippen LogP contribution in [0, 0.1) is 0 Å². The van der Waals surface area contributed by atoms with Gasteiger partial charge in [0.1, 0.15) is 0 Å². The Morgan fingerprint density at radius 1 is 1.00 bits per heavy atom. The Bertz CT molecular complexity index is 153. The van der Waals surface area contributed by atoms with Crippen LogP contribution < -0.4 is 0 Å². The Morgan fingerprint density at radius 3 is 2.20 bits per heavy atom. The van der Waals surface area contributed by atoms with Crippen molar-refractivity contribution in [1.29, 1.82) is 0 Å². The Kier molecular flexibility index (Phi) is 6.52. The van der Waals surface area contributed by atoms with Crippen molar-refractivity contribution >= 4 is 47.0 Å². The summed E-state index contributed by atoms with van der Waals surface area (Å²) in [4.78, 5) is 0. The molecule has 15 heavy (non-hydrogen) atoms. The highest BCUT2D eigenvalue weighted by Crippen LogP contribution is 2.32. The number of thioether (sulfide) groups is 4. The van der Waals surface area contributed by atoms with Gasteiger partial charge in [-0.25, -0.2) is 0 Å². The number of rotatable bonds is 10. The van der Waals surface area contributed by atoms with Crippen LogP contribution in [0.25, 0.3) is 0 Å². The molecule has 2 fully saturated rings. The summed E-state index contributed by atoms with van der Waals surface area (Å²) in [5, 5.41) is 1.01. The Balaban J connectivity index is 1.23. The molecule has 2 rings (SSSR count). The molecule has 5 heteroatoms. The van der Waals surface area contributed by atoms with Crippen molar-refractivity contribution in [2.75, 3.05) is 46.9 Å². The normalized spacial score (nSPS) is 28.0. The fourth-order valence-electron chi connectivity index (χ4n) is 1.10. The predicted octanol–water partition coefficient (Wildman–Crippen LogP) is 2.70. The summed E-state index contributed by atoms with van der Waals surface area (Å²) in [6.07, 6.45) is 0.603. The average molecular weight is 283 g/mol. The predicted molar refractivity (Wildman–Crippen MR) is 78.0 cm³/mol.